The van der Waals surface area contributed by atoms with Gasteiger partial charge in [-0.2, -0.15) is 0 Å². The average molecular weight is 405 g/mol. The van der Waals surface area contributed by atoms with Crippen LogP contribution in [0.15, 0.2) is 42.5 Å². The highest BCUT2D eigenvalue weighted by Crippen LogP contribution is 2.31. The summed E-state index contributed by atoms with van der Waals surface area (Å²) in [5, 5.41) is 0. The molecule has 0 bridgehead atoms. The van der Waals surface area contributed by atoms with Crippen molar-refractivity contribution in [1.29, 1.82) is 0 Å². The Hall–Kier alpha value is -2.61. The van der Waals surface area contributed by atoms with Gasteiger partial charge in [-0.1, -0.05) is 18.2 Å². The summed E-state index contributed by atoms with van der Waals surface area (Å²) in [7, 11) is -3.48. The van der Waals surface area contributed by atoms with Gasteiger partial charge in [0.1, 0.15) is 5.82 Å². The molecule has 6 nitrogen and oxygen atoms in total. The second-order valence-electron chi connectivity index (χ2n) is 6.87. The molecule has 1 fully saturated rings. The molecule has 0 spiro atoms. The van der Waals surface area contributed by atoms with Crippen LogP contribution in [0.25, 0.3) is 0 Å². The maximum absolute atomic E-state index is 13.5. The Morgan fingerprint density at radius 2 is 1.93 bits per heavy atom. The van der Waals surface area contributed by atoms with Crippen molar-refractivity contribution in [3.63, 3.8) is 0 Å². The van der Waals surface area contributed by atoms with Gasteiger partial charge in [-0.15, -0.1) is 0 Å². The molecule has 2 amide bonds. The summed E-state index contributed by atoms with van der Waals surface area (Å²) < 4.78 is 40.2. The van der Waals surface area contributed by atoms with Gasteiger partial charge in [0.25, 0.3) is 0 Å². The third-order valence-electron chi connectivity index (χ3n) is 4.66. The van der Waals surface area contributed by atoms with Crippen molar-refractivity contribution >= 4 is 27.4 Å². The number of hydrogen-bond donors (Lipinski definition) is 1. The van der Waals surface area contributed by atoms with E-state index >= 15 is 0 Å². The number of anilines is 2. The molecule has 1 heterocycles. The number of benzene rings is 2. The van der Waals surface area contributed by atoms with Crippen LogP contribution in [0.4, 0.5) is 20.6 Å². The van der Waals surface area contributed by atoms with E-state index in [1.807, 2.05) is 13.0 Å². The van der Waals surface area contributed by atoms with Crippen molar-refractivity contribution in [2.75, 3.05) is 28.5 Å². The lowest BCUT2D eigenvalue weighted by atomic mass is 10.1. The fraction of sp³-hybridized carbons (Fsp3) is 0.350. The number of aryl methyl sites for hydroxylation is 1. The number of carbonyl (C=O) groups is 1. The first-order valence-corrected chi connectivity index (χ1v) is 10.9. The Bertz CT molecular complexity index is 978. The fourth-order valence-corrected chi connectivity index (χ4v) is 3.86. The van der Waals surface area contributed by atoms with Gasteiger partial charge in [-0.25, -0.2) is 17.6 Å². The first-order chi connectivity index (χ1) is 13.3. The van der Waals surface area contributed by atoms with Crippen LogP contribution in [0, 0.1) is 12.7 Å². The van der Waals surface area contributed by atoms with Crippen molar-refractivity contribution in [3.05, 3.63) is 59.4 Å². The molecule has 1 aliphatic heterocycles. The molecule has 8 heteroatoms. The highest BCUT2D eigenvalue weighted by atomic mass is 32.2. The smallest absolute Gasteiger partial charge is 0.320 e. The Labute approximate surface area is 165 Å². The summed E-state index contributed by atoms with van der Waals surface area (Å²) in [5.41, 5.74) is 2.52. The first-order valence-electron chi connectivity index (χ1n) is 9.21. The number of nitrogens with zero attached hydrogens (tertiary/aromatic N) is 2. The quantitative estimate of drug-likeness (QED) is 0.796. The highest BCUT2D eigenvalue weighted by molar-refractivity contribution is 7.92. The topological polar surface area (TPSA) is 69.7 Å². The zero-order chi connectivity index (χ0) is 20.3. The lowest BCUT2D eigenvalue weighted by Crippen LogP contribution is -2.49. The summed E-state index contributed by atoms with van der Waals surface area (Å²) >= 11 is 0. The Morgan fingerprint density at radius 3 is 2.64 bits per heavy atom. The number of carbonyl (C=O) groups excluding carboxylic acids is 1. The minimum Gasteiger partial charge on any atom is -0.320 e. The van der Waals surface area contributed by atoms with Gasteiger partial charge in [-0.3, -0.25) is 9.62 Å². The molecular weight excluding hydrogens is 381 g/mol. The van der Waals surface area contributed by atoms with Crippen LogP contribution in [0.1, 0.15) is 24.5 Å². The van der Waals surface area contributed by atoms with E-state index in [1.165, 1.54) is 12.1 Å². The molecule has 2 aromatic carbocycles. The molecule has 28 heavy (non-hydrogen) atoms. The van der Waals surface area contributed by atoms with Gasteiger partial charge < -0.3 is 4.90 Å². The van der Waals surface area contributed by atoms with Gasteiger partial charge in [0, 0.05) is 19.6 Å². The Kier molecular flexibility index (Phi) is 5.88. The van der Waals surface area contributed by atoms with E-state index in [0.717, 1.165) is 12.0 Å². The normalized spacial score (nSPS) is 15.0. The van der Waals surface area contributed by atoms with E-state index in [0.29, 0.717) is 36.6 Å². The van der Waals surface area contributed by atoms with Gasteiger partial charge >= 0.3 is 6.03 Å². The number of urea groups is 1. The van der Waals surface area contributed by atoms with Crippen LogP contribution < -0.4 is 9.62 Å². The molecule has 1 aliphatic rings. The second kappa shape index (κ2) is 8.18. The number of nitrogens with one attached hydrogen (secondary N) is 1. The minimum absolute atomic E-state index is 0.0555. The van der Waals surface area contributed by atoms with E-state index in [4.69, 9.17) is 0 Å². The molecule has 0 aliphatic carbocycles. The largest absolute Gasteiger partial charge is 0.324 e. The summed E-state index contributed by atoms with van der Waals surface area (Å²) in [5.74, 6) is -0.395. The number of halogens is 1. The summed E-state index contributed by atoms with van der Waals surface area (Å²) in [4.78, 5) is 16.3. The van der Waals surface area contributed by atoms with Crippen LogP contribution in [-0.4, -0.2) is 38.2 Å². The van der Waals surface area contributed by atoms with Crippen LogP contribution >= 0.6 is 0 Å². The van der Waals surface area contributed by atoms with Gasteiger partial charge in [0.2, 0.25) is 10.0 Å². The van der Waals surface area contributed by atoms with Gasteiger partial charge in [0.05, 0.1) is 17.1 Å². The maximum atomic E-state index is 13.5. The second-order valence-corrected chi connectivity index (χ2v) is 8.88. The molecule has 0 unspecified atom stereocenters. The van der Waals surface area contributed by atoms with Crippen LogP contribution in [0.3, 0.4) is 0 Å². The summed E-state index contributed by atoms with van der Waals surface area (Å²) in [6.45, 7) is 4.78. The van der Waals surface area contributed by atoms with E-state index in [-0.39, 0.29) is 17.6 Å². The molecule has 0 atom stereocenters. The van der Waals surface area contributed by atoms with Crippen molar-refractivity contribution in [2.24, 2.45) is 0 Å². The molecular formula is C20H24FN3O3S. The van der Waals surface area contributed by atoms with Crippen molar-refractivity contribution in [1.82, 2.24) is 4.90 Å². The predicted molar refractivity (Wildman–Crippen MR) is 108 cm³/mol. The zero-order valence-corrected chi connectivity index (χ0v) is 16.8. The third-order valence-corrected chi connectivity index (χ3v) is 5.95. The number of hydrogen-bond acceptors (Lipinski definition) is 3. The summed E-state index contributed by atoms with van der Waals surface area (Å²) in [6, 6.07) is 11.3. The van der Waals surface area contributed by atoms with E-state index in [1.54, 1.807) is 41.0 Å². The Balaban J connectivity index is 1.88. The average Bonchev–Trinajstić information content (AvgIpc) is 2.64. The number of rotatable bonds is 6. The van der Waals surface area contributed by atoms with Gasteiger partial charge in [-0.05, 0) is 55.7 Å². The Morgan fingerprint density at radius 1 is 1.14 bits per heavy atom. The number of amides is 2. The van der Waals surface area contributed by atoms with Gasteiger partial charge in [0.15, 0.2) is 0 Å². The minimum atomic E-state index is -3.48. The van der Waals surface area contributed by atoms with Crippen molar-refractivity contribution in [3.8, 4) is 0 Å². The predicted octanol–water partition coefficient (Wildman–Crippen LogP) is 3.73. The lowest BCUT2D eigenvalue weighted by molar-refractivity contribution is 0.192. The molecule has 0 aromatic heterocycles. The molecule has 1 saturated heterocycles. The molecule has 0 radical (unpaired) electrons. The maximum Gasteiger partial charge on any atom is 0.324 e. The summed E-state index contributed by atoms with van der Waals surface area (Å²) in [6.07, 6.45) is 0.731. The third kappa shape index (κ3) is 4.62. The fourth-order valence-electron chi connectivity index (χ4n) is 3.21. The molecule has 150 valence electrons. The SMILES string of the molecule is CCS(=O)(=O)Nc1cc(C)ccc1N1CCCN(Cc2cccc(F)c2)C1=O. The monoisotopic (exact) mass is 405 g/mol. The van der Waals surface area contributed by atoms with Crippen LogP contribution in [0.2, 0.25) is 0 Å². The zero-order valence-electron chi connectivity index (χ0n) is 16.0. The van der Waals surface area contributed by atoms with Crippen LogP contribution in [-0.2, 0) is 16.6 Å². The van der Waals surface area contributed by atoms with E-state index < -0.39 is 10.0 Å². The lowest BCUT2D eigenvalue weighted by Gasteiger charge is -2.36. The van der Waals surface area contributed by atoms with Crippen molar-refractivity contribution < 1.29 is 17.6 Å². The standard InChI is InChI=1S/C20H24FN3O3S/c1-3-28(26,27)22-18-12-15(2)8-9-19(18)24-11-5-10-23(20(24)25)14-16-6-4-7-17(21)13-16/h4,6-9,12-13,22H,3,5,10-11,14H2,1-2H3. The first kappa shape index (κ1) is 20.1. The number of sulfonamides is 1. The molecule has 1 N–H and O–H groups in total. The molecule has 2 aromatic rings. The van der Waals surface area contributed by atoms with Crippen LogP contribution in [0.5, 0.6) is 0 Å². The van der Waals surface area contributed by atoms with Crippen molar-refractivity contribution in [2.45, 2.75) is 26.8 Å². The molecule has 0 saturated carbocycles. The molecule has 3 rings (SSSR count). The highest BCUT2D eigenvalue weighted by Gasteiger charge is 2.29. The van der Waals surface area contributed by atoms with E-state index in [2.05, 4.69) is 4.72 Å². The van der Waals surface area contributed by atoms with E-state index in [9.17, 15) is 17.6 Å².